The van der Waals surface area contributed by atoms with Gasteiger partial charge < -0.3 is 0 Å². The Kier molecular flexibility index (Phi) is 1.60. The first kappa shape index (κ1) is 10.6. The second-order valence-electron chi connectivity index (χ2n) is 8.73. The molecule has 0 aliphatic heterocycles. The first-order chi connectivity index (χ1) is 10.4. The van der Waals surface area contributed by atoms with E-state index in [1.165, 1.54) is 44.9 Å². The van der Waals surface area contributed by atoms with Gasteiger partial charge in [-0.2, -0.15) is 0 Å². The summed E-state index contributed by atoms with van der Waals surface area (Å²) in [5, 5.41) is 0. The number of hydrogen-bond acceptors (Lipinski definition) is 0. The summed E-state index contributed by atoms with van der Waals surface area (Å²) in [5.41, 5.74) is 11.5. The van der Waals surface area contributed by atoms with Gasteiger partial charge in [-0.15, -0.1) is 0 Å². The quantitative estimate of drug-likeness (QED) is 0.544. The number of benzene rings is 1. The maximum atomic E-state index is 2.55. The highest BCUT2D eigenvalue weighted by atomic mass is 14.6. The highest BCUT2D eigenvalue weighted by Gasteiger charge is 2.52. The number of hydrogen-bond donors (Lipinski definition) is 0. The zero-order valence-corrected chi connectivity index (χ0v) is 12.6. The third-order valence-electron chi connectivity index (χ3n) is 8.06. The minimum atomic E-state index is 0.808. The van der Waals surface area contributed by atoms with Crippen molar-refractivity contribution in [3.8, 4) is 0 Å². The summed E-state index contributed by atoms with van der Waals surface area (Å²) >= 11 is 0. The van der Waals surface area contributed by atoms with Gasteiger partial charge in [0.25, 0.3) is 0 Å². The molecular formula is C21H22. The lowest BCUT2D eigenvalue weighted by molar-refractivity contribution is 0.659. The van der Waals surface area contributed by atoms with Crippen molar-refractivity contribution in [3.05, 3.63) is 45.5 Å². The maximum Gasteiger partial charge on any atom is 0.00329 e. The van der Waals surface area contributed by atoms with Crippen molar-refractivity contribution in [1.82, 2.24) is 0 Å². The van der Waals surface area contributed by atoms with Gasteiger partial charge in [0, 0.05) is 11.8 Å². The average Bonchev–Trinajstić information content (AvgIpc) is 3.34. The summed E-state index contributed by atoms with van der Waals surface area (Å²) in [7, 11) is 0. The Morgan fingerprint density at radius 1 is 0.476 bits per heavy atom. The summed E-state index contributed by atoms with van der Waals surface area (Å²) in [6.07, 6.45) is 15.6. The van der Waals surface area contributed by atoms with E-state index in [9.17, 15) is 0 Å². The van der Waals surface area contributed by atoms with Crippen LogP contribution in [0.2, 0.25) is 0 Å². The lowest BCUT2D eigenvalue weighted by Gasteiger charge is -2.31. The molecule has 0 nitrogen and oxygen atoms in total. The molecule has 0 saturated heterocycles. The molecule has 1 aromatic rings. The summed E-state index contributed by atoms with van der Waals surface area (Å²) < 4.78 is 0. The van der Waals surface area contributed by atoms with E-state index in [1.54, 1.807) is 0 Å². The molecule has 0 aromatic heterocycles. The molecule has 1 aromatic carbocycles. The highest BCUT2D eigenvalue weighted by molar-refractivity contribution is 5.68. The number of rotatable bonds is 0. The summed E-state index contributed by atoms with van der Waals surface area (Å²) in [6.45, 7) is 0. The summed E-state index contributed by atoms with van der Waals surface area (Å²) in [4.78, 5) is 0. The molecule has 0 heterocycles. The van der Waals surface area contributed by atoms with E-state index in [0.717, 1.165) is 35.5 Å². The van der Waals surface area contributed by atoms with Crippen molar-refractivity contribution in [1.29, 1.82) is 0 Å². The van der Waals surface area contributed by atoms with Crippen molar-refractivity contribution < 1.29 is 0 Å². The first-order valence-corrected chi connectivity index (χ1v) is 9.31. The number of allylic oxidation sites excluding steroid dienone is 2. The zero-order chi connectivity index (χ0) is 13.3. The molecule has 0 spiro atoms. The van der Waals surface area contributed by atoms with Crippen LogP contribution >= 0.6 is 0 Å². The predicted octanol–water partition coefficient (Wildman–Crippen LogP) is 5.56. The molecule has 0 radical (unpaired) electrons. The Labute approximate surface area is 126 Å². The fourth-order valence-electron chi connectivity index (χ4n) is 7.57. The van der Waals surface area contributed by atoms with Crippen LogP contribution in [-0.2, 0) is 0 Å². The van der Waals surface area contributed by atoms with Gasteiger partial charge >= 0.3 is 0 Å². The van der Waals surface area contributed by atoms with Gasteiger partial charge in [0.15, 0.2) is 0 Å². The highest BCUT2D eigenvalue weighted by Crippen LogP contribution is 2.68. The van der Waals surface area contributed by atoms with Crippen LogP contribution in [0.4, 0.5) is 0 Å². The molecule has 106 valence electrons. The largest absolute Gasteiger partial charge is 0.0803 e. The Bertz CT molecular complexity index is 676. The van der Waals surface area contributed by atoms with Crippen molar-refractivity contribution >= 4 is 0 Å². The monoisotopic (exact) mass is 274 g/mol. The van der Waals surface area contributed by atoms with E-state index in [2.05, 4.69) is 12.2 Å². The molecular weight excluding hydrogens is 252 g/mol. The molecule has 0 amide bonds. The van der Waals surface area contributed by atoms with Gasteiger partial charge in [0.2, 0.25) is 0 Å². The molecule has 6 aliphatic carbocycles. The fourth-order valence-corrected chi connectivity index (χ4v) is 7.57. The molecule has 6 atom stereocenters. The van der Waals surface area contributed by atoms with Crippen molar-refractivity contribution in [2.24, 2.45) is 0 Å². The SMILES string of the molecule is C1=CC2CC1c1c2c2c(c3c1C1CCC3C1)C1CCC2C1. The van der Waals surface area contributed by atoms with Crippen LogP contribution in [0.25, 0.3) is 0 Å². The molecule has 0 heteroatoms. The molecule has 6 unspecified atom stereocenters. The summed E-state index contributed by atoms with van der Waals surface area (Å²) in [5.74, 6) is 5.45. The fraction of sp³-hybridized carbons (Fsp3) is 0.619. The van der Waals surface area contributed by atoms with Crippen molar-refractivity contribution in [3.63, 3.8) is 0 Å². The van der Waals surface area contributed by atoms with E-state index in [0.29, 0.717) is 0 Å². The molecule has 6 bridgehead atoms. The molecule has 6 aliphatic rings. The predicted molar refractivity (Wildman–Crippen MR) is 84.3 cm³/mol. The Hall–Kier alpha value is -1.04. The lowest BCUT2D eigenvalue weighted by atomic mass is 9.73. The van der Waals surface area contributed by atoms with Gasteiger partial charge in [0.1, 0.15) is 0 Å². The molecule has 0 N–H and O–H groups in total. The zero-order valence-electron chi connectivity index (χ0n) is 12.6. The van der Waals surface area contributed by atoms with E-state index in [-0.39, 0.29) is 0 Å². The van der Waals surface area contributed by atoms with Crippen LogP contribution in [0.1, 0.15) is 114 Å². The minimum Gasteiger partial charge on any atom is -0.0803 e. The lowest BCUT2D eigenvalue weighted by Crippen LogP contribution is -2.15. The minimum absolute atomic E-state index is 0.808. The van der Waals surface area contributed by atoms with E-state index in [1.807, 2.05) is 33.4 Å². The normalized spacial score (nSPS) is 45.5. The third kappa shape index (κ3) is 0.997. The Morgan fingerprint density at radius 2 is 0.857 bits per heavy atom. The molecule has 2 fully saturated rings. The first-order valence-electron chi connectivity index (χ1n) is 9.31. The Balaban J connectivity index is 1.66. The van der Waals surface area contributed by atoms with Crippen molar-refractivity contribution in [2.45, 2.75) is 80.5 Å². The standard InChI is InChI=1S/C21H22/c1-2-11-7-10(1)16-17(11)19-13-5-6-15(9-13)21(19)20-14-4-3-12(8-14)18(16)20/h1-2,10-15H,3-9H2. The van der Waals surface area contributed by atoms with Crippen LogP contribution in [0.5, 0.6) is 0 Å². The van der Waals surface area contributed by atoms with Gasteiger partial charge in [-0.1, -0.05) is 12.2 Å². The van der Waals surface area contributed by atoms with Gasteiger partial charge in [-0.25, -0.2) is 0 Å². The summed E-state index contributed by atoms with van der Waals surface area (Å²) in [6, 6.07) is 0. The van der Waals surface area contributed by atoms with Crippen LogP contribution in [0.15, 0.2) is 12.2 Å². The van der Waals surface area contributed by atoms with Crippen LogP contribution in [-0.4, -0.2) is 0 Å². The molecule has 2 saturated carbocycles. The van der Waals surface area contributed by atoms with E-state index < -0.39 is 0 Å². The smallest absolute Gasteiger partial charge is 0.00329 e. The second kappa shape index (κ2) is 3.16. The van der Waals surface area contributed by atoms with Crippen LogP contribution < -0.4 is 0 Å². The number of fused-ring (bicyclic) bond motifs is 18. The Morgan fingerprint density at radius 3 is 1.29 bits per heavy atom. The van der Waals surface area contributed by atoms with Crippen LogP contribution in [0.3, 0.4) is 0 Å². The third-order valence-corrected chi connectivity index (χ3v) is 8.06. The average molecular weight is 274 g/mol. The molecule has 21 heavy (non-hydrogen) atoms. The molecule has 7 rings (SSSR count). The maximum absolute atomic E-state index is 2.55. The van der Waals surface area contributed by atoms with Gasteiger partial charge in [-0.05, 0) is 102 Å². The topological polar surface area (TPSA) is 0 Å². The van der Waals surface area contributed by atoms with E-state index in [4.69, 9.17) is 0 Å². The van der Waals surface area contributed by atoms with Crippen molar-refractivity contribution in [2.75, 3.05) is 0 Å². The van der Waals surface area contributed by atoms with Gasteiger partial charge in [-0.3, -0.25) is 0 Å². The second-order valence-corrected chi connectivity index (χ2v) is 8.73. The van der Waals surface area contributed by atoms with Gasteiger partial charge in [0.05, 0.1) is 0 Å². The van der Waals surface area contributed by atoms with E-state index >= 15 is 0 Å². The van der Waals surface area contributed by atoms with Crippen LogP contribution in [0, 0.1) is 0 Å².